The van der Waals surface area contributed by atoms with Crippen molar-refractivity contribution in [2.45, 2.75) is 25.7 Å². The quantitative estimate of drug-likeness (QED) is 0.785. The van der Waals surface area contributed by atoms with Crippen LogP contribution in [0.5, 0.6) is 0 Å². The zero-order valence-electron chi connectivity index (χ0n) is 10.9. The van der Waals surface area contributed by atoms with Crippen LogP contribution >= 0.6 is 0 Å². The molecule has 8 heteroatoms. The van der Waals surface area contributed by atoms with Crippen LogP contribution in [0.2, 0.25) is 0 Å². The Kier molecular flexibility index (Phi) is 4.33. The highest BCUT2D eigenvalue weighted by Crippen LogP contribution is 2.33. The van der Waals surface area contributed by atoms with E-state index in [1.165, 1.54) is 6.20 Å². The minimum Gasteiger partial charge on any atom is -0.464 e. The maximum absolute atomic E-state index is 14.1. The van der Waals surface area contributed by atoms with Gasteiger partial charge in [-0.15, -0.1) is 0 Å². The number of carbonyl (C=O) groups is 1. The van der Waals surface area contributed by atoms with Gasteiger partial charge in [-0.3, -0.25) is 14.3 Å². The number of nitrogens with one attached hydrogen (secondary N) is 1. The molecular formula is C12H15FN2O5. The van der Waals surface area contributed by atoms with Crippen LogP contribution in [0.1, 0.15) is 19.6 Å². The fourth-order valence-electron chi connectivity index (χ4n) is 2.19. The van der Waals surface area contributed by atoms with E-state index in [-0.39, 0.29) is 19.6 Å². The second-order valence-corrected chi connectivity index (χ2v) is 4.39. The van der Waals surface area contributed by atoms with Crippen molar-refractivity contribution >= 4 is 5.97 Å². The molecule has 0 aromatic carbocycles. The summed E-state index contributed by atoms with van der Waals surface area (Å²) in [6.07, 6.45) is -1.29. The first-order valence-electron chi connectivity index (χ1n) is 6.28. The van der Waals surface area contributed by atoms with Crippen LogP contribution in [0.25, 0.3) is 0 Å². The minimum atomic E-state index is -1.87. The van der Waals surface area contributed by atoms with E-state index in [9.17, 15) is 18.8 Å². The number of carbonyl (C=O) groups excluding carboxylic acids is 1. The normalized spacial score (nSPS) is 23.5. The molecule has 1 aliphatic rings. The molecule has 1 saturated heterocycles. The number of hydrogen-bond donors (Lipinski definition) is 1. The molecule has 1 aromatic heterocycles. The monoisotopic (exact) mass is 286 g/mol. The van der Waals surface area contributed by atoms with Crippen molar-refractivity contribution < 1.29 is 18.7 Å². The molecule has 0 spiro atoms. The van der Waals surface area contributed by atoms with E-state index in [4.69, 9.17) is 4.74 Å². The van der Waals surface area contributed by atoms with Gasteiger partial charge in [-0.2, -0.15) is 0 Å². The van der Waals surface area contributed by atoms with E-state index in [2.05, 4.69) is 9.72 Å². The van der Waals surface area contributed by atoms with Gasteiger partial charge in [0.05, 0.1) is 6.61 Å². The van der Waals surface area contributed by atoms with E-state index in [0.717, 1.165) is 10.6 Å². The number of aromatic amines is 1. The van der Waals surface area contributed by atoms with E-state index >= 15 is 0 Å². The molecular weight excluding hydrogens is 271 g/mol. The number of rotatable bonds is 4. The fourth-order valence-corrected chi connectivity index (χ4v) is 2.19. The van der Waals surface area contributed by atoms with Crippen LogP contribution in [0.4, 0.5) is 4.39 Å². The molecule has 0 saturated carbocycles. The Morgan fingerprint density at radius 1 is 1.65 bits per heavy atom. The van der Waals surface area contributed by atoms with Gasteiger partial charge >= 0.3 is 11.7 Å². The average molecular weight is 286 g/mol. The lowest BCUT2D eigenvalue weighted by atomic mass is 10.00. The van der Waals surface area contributed by atoms with Crippen LogP contribution in [0.3, 0.4) is 0 Å². The van der Waals surface area contributed by atoms with Gasteiger partial charge < -0.3 is 9.47 Å². The molecule has 3 atom stereocenters. The minimum absolute atomic E-state index is 0.0795. The Bertz CT molecular complexity index is 596. The van der Waals surface area contributed by atoms with Crippen molar-refractivity contribution in [1.29, 1.82) is 0 Å². The number of esters is 1. The smallest absolute Gasteiger partial charge is 0.341 e. The van der Waals surface area contributed by atoms with Gasteiger partial charge in [0.1, 0.15) is 6.23 Å². The first-order chi connectivity index (χ1) is 9.54. The summed E-state index contributed by atoms with van der Waals surface area (Å²) in [6.45, 7) is 1.89. The van der Waals surface area contributed by atoms with E-state index in [1.54, 1.807) is 6.92 Å². The molecule has 0 radical (unpaired) electrons. The van der Waals surface area contributed by atoms with Gasteiger partial charge in [0.25, 0.3) is 5.56 Å². The SMILES string of the molecule is CCOC(=O)C(F)[C@@H]1CCO[C@H]1n1ccc(=O)[nH]c1=O. The molecule has 20 heavy (non-hydrogen) atoms. The molecule has 1 unspecified atom stereocenters. The lowest BCUT2D eigenvalue weighted by Crippen LogP contribution is -2.37. The molecule has 1 aliphatic heterocycles. The molecule has 0 aliphatic carbocycles. The van der Waals surface area contributed by atoms with Crippen LogP contribution in [0.15, 0.2) is 21.9 Å². The Morgan fingerprint density at radius 2 is 2.40 bits per heavy atom. The highest BCUT2D eigenvalue weighted by atomic mass is 19.1. The van der Waals surface area contributed by atoms with Crippen LogP contribution < -0.4 is 11.2 Å². The third kappa shape index (κ3) is 2.79. The number of alkyl halides is 1. The zero-order valence-corrected chi connectivity index (χ0v) is 10.9. The number of halogens is 1. The lowest BCUT2D eigenvalue weighted by molar-refractivity contribution is -0.153. The molecule has 7 nitrogen and oxygen atoms in total. The second kappa shape index (κ2) is 6.00. The average Bonchev–Trinajstić information content (AvgIpc) is 2.87. The molecule has 2 rings (SSSR count). The van der Waals surface area contributed by atoms with E-state index < -0.39 is 35.5 Å². The number of ether oxygens (including phenoxy) is 2. The molecule has 1 aromatic rings. The lowest BCUT2D eigenvalue weighted by Gasteiger charge is -2.22. The largest absolute Gasteiger partial charge is 0.464 e. The predicted molar refractivity (Wildman–Crippen MR) is 65.9 cm³/mol. The topological polar surface area (TPSA) is 90.4 Å². The Balaban J connectivity index is 2.25. The van der Waals surface area contributed by atoms with Crippen molar-refractivity contribution in [1.82, 2.24) is 9.55 Å². The molecule has 0 bridgehead atoms. The third-order valence-electron chi connectivity index (χ3n) is 3.12. The summed E-state index contributed by atoms with van der Waals surface area (Å²) in [5.74, 6) is -1.79. The summed E-state index contributed by atoms with van der Waals surface area (Å²) >= 11 is 0. The number of nitrogens with zero attached hydrogens (tertiary/aromatic N) is 1. The highest BCUT2D eigenvalue weighted by molar-refractivity contribution is 5.75. The number of aromatic nitrogens is 2. The summed E-state index contributed by atoms with van der Waals surface area (Å²) < 4.78 is 25.1. The molecule has 110 valence electrons. The molecule has 0 amide bonds. The van der Waals surface area contributed by atoms with Crippen LogP contribution in [0, 0.1) is 5.92 Å². The third-order valence-corrected chi connectivity index (χ3v) is 3.12. The molecule has 2 heterocycles. The van der Waals surface area contributed by atoms with Crippen LogP contribution in [-0.4, -0.2) is 34.9 Å². The number of H-pyrrole nitrogens is 1. The first kappa shape index (κ1) is 14.4. The van der Waals surface area contributed by atoms with Gasteiger partial charge in [0.2, 0.25) is 6.17 Å². The van der Waals surface area contributed by atoms with Crippen molar-refractivity contribution in [3.63, 3.8) is 0 Å². The van der Waals surface area contributed by atoms with Crippen LogP contribution in [-0.2, 0) is 14.3 Å². The van der Waals surface area contributed by atoms with Crippen molar-refractivity contribution in [3.8, 4) is 0 Å². The summed E-state index contributed by atoms with van der Waals surface area (Å²) in [5.41, 5.74) is -1.26. The van der Waals surface area contributed by atoms with Gasteiger partial charge in [-0.1, -0.05) is 0 Å². The van der Waals surface area contributed by atoms with Crippen molar-refractivity contribution in [3.05, 3.63) is 33.1 Å². The Morgan fingerprint density at radius 3 is 3.05 bits per heavy atom. The molecule has 1 N–H and O–H groups in total. The van der Waals surface area contributed by atoms with Crippen molar-refractivity contribution in [2.24, 2.45) is 5.92 Å². The summed E-state index contributed by atoms with van der Waals surface area (Å²) in [6, 6.07) is 1.14. The maximum Gasteiger partial charge on any atom is 0.341 e. The zero-order chi connectivity index (χ0) is 14.7. The van der Waals surface area contributed by atoms with Gasteiger partial charge in [0, 0.05) is 24.8 Å². The first-order valence-corrected chi connectivity index (χ1v) is 6.28. The fraction of sp³-hybridized carbons (Fsp3) is 0.583. The Hall–Kier alpha value is -1.96. The Labute approximate surface area is 113 Å². The second-order valence-electron chi connectivity index (χ2n) is 4.39. The standard InChI is InChI=1S/C12H15FN2O5/c1-2-19-11(17)9(13)7-4-6-20-10(7)15-5-3-8(16)14-12(15)18/h3,5,7,9-10H,2,4,6H2,1H3,(H,14,16,18)/t7-,9?,10+/m0/s1. The molecule has 1 fully saturated rings. The predicted octanol–water partition coefficient (Wildman–Crippen LogP) is -0.0271. The summed E-state index contributed by atoms with van der Waals surface area (Å²) in [7, 11) is 0. The van der Waals surface area contributed by atoms with Gasteiger partial charge in [-0.05, 0) is 13.3 Å². The van der Waals surface area contributed by atoms with E-state index in [0.29, 0.717) is 0 Å². The van der Waals surface area contributed by atoms with Crippen molar-refractivity contribution in [2.75, 3.05) is 13.2 Å². The van der Waals surface area contributed by atoms with Gasteiger partial charge in [-0.25, -0.2) is 14.0 Å². The summed E-state index contributed by atoms with van der Waals surface area (Å²) in [5, 5.41) is 0. The van der Waals surface area contributed by atoms with E-state index in [1.807, 2.05) is 0 Å². The van der Waals surface area contributed by atoms with Gasteiger partial charge in [0.15, 0.2) is 0 Å². The summed E-state index contributed by atoms with van der Waals surface area (Å²) in [4.78, 5) is 36.2. The maximum atomic E-state index is 14.1. The number of hydrogen-bond acceptors (Lipinski definition) is 5. The highest BCUT2D eigenvalue weighted by Gasteiger charge is 2.41.